The normalized spacial score (nSPS) is 19.8. The molecule has 1 aliphatic rings. The minimum Gasteiger partial charge on any atom is -0.316 e. The van der Waals surface area contributed by atoms with Gasteiger partial charge in [-0.3, -0.25) is 4.90 Å². The predicted octanol–water partition coefficient (Wildman–Crippen LogP) is 3.51. The second-order valence-electron chi connectivity index (χ2n) is 6.59. The Bertz CT molecular complexity index is 419. The largest absolute Gasteiger partial charge is 0.316 e. The van der Waals surface area contributed by atoms with Gasteiger partial charge >= 0.3 is 0 Å². The lowest BCUT2D eigenvalue weighted by Gasteiger charge is -2.33. The maximum atomic E-state index is 3.54. The summed E-state index contributed by atoms with van der Waals surface area (Å²) in [6.45, 7) is 13.8. The molecule has 1 fully saturated rings. The second-order valence-corrected chi connectivity index (χ2v) is 6.59. The Kier molecular flexibility index (Phi) is 5.62. The van der Waals surface area contributed by atoms with Crippen LogP contribution in [0.1, 0.15) is 43.4 Å². The molecule has 2 nitrogen and oxygen atoms in total. The van der Waals surface area contributed by atoms with Gasteiger partial charge in [0, 0.05) is 19.1 Å². The van der Waals surface area contributed by atoms with Gasteiger partial charge < -0.3 is 5.32 Å². The van der Waals surface area contributed by atoms with E-state index in [2.05, 4.69) is 56.1 Å². The first-order valence-electron chi connectivity index (χ1n) is 8.07. The quantitative estimate of drug-likeness (QED) is 0.884. The summed E-state index contributed by atoms with van der Waals surface area (Å²) in [5.41, 5.74) is 4.35. The zero-order valence-electron chi connectivity index (χ0n) is 13.6. The monoisotopic (exact) mass is 274 g/mol. The molecule has 20 heavy (non-hydrogen) atoms. The van der Waals surface area contributed by atoms with Crippen LogP contribution in [0, 0.1) is 19.8 Å². The van der Waals surface area contributed by atoms with Gasteiger partial charge in [-0.15, -0.1) is 0 Å². The van der Waals surface area contributed by atoms with Crippen LogP contribution in [0.25, 0.3) is 0 Å². The first-order valence-corrected chi connectivity index (χ1v) is 8.07. The van der Waals surface area contributed by atoms with Crippen LogP contribution in [0.4, 0.5) is 0 Å². The van der Waals surface area contributed by atoms with E-state index in [9.17, 15) is 0 Å². The highest BCUT2D eigenvalue weighted by molar-refractivity contribution is 5.33. The molecule has 1 saturated heterocycles. The molecule has 1 N–H and O–H groups in total. The molecule has 1 atom stereocenters. The van der Waals surface area contributed by atoms with Crippen molar-refractivity contribution in [2.45, 2.75) is 53.1 Å². The van der Waals surface area contributed by atoms with Gasteiger partial charge in [0.2, 0.25) is 0 Å². The number of hydrogen-bond donors (Lipinski definition) is 1. The molecule has 0 spiro atoms. The molecule has 1 unspecified atom stereocenters. The summed E-state index contributed by atoms with van der Waals surface area (Å²) in [6.07, 6.45) is 2.71. The van der Waals surface area contributed by atoms with E-state index in [1.165, 1.54) is 49.2 Å². The average Bonchev–Trinajstić information content (AvgIpc) is 2.44. The fraction of sp³-hybridized carbons (Fsp3) is 0.667. The molecule has 1 aromatic carbocycles. The summed E-state index contributed by atoms with van der Waals surface area (Å²) in [4.78, 5) is 2.64. The van der Waals surface area contributed by atoms with Crippen LogP contribution < -0.4 is 5.32 Å². The first kappa shape index (κ1) is 15.5. The minimum atomic E-state index is 0.608. The van der Waals surface area contributed by atoms with Crippen LogP contribution in [0.3, 0.4) is 0 Å². The van der Waals surface area contributed by atoms with Crippen LogP contribution in [0.15, 0.2) is 18.2 Å². The Balaban J connectivity index is 2.03. The van der Waals surface area contributed by atoms with Crippen molar-refractivity contribution in [3.05, 3.63) is 34.9 Å². The smallest absolute Gasteiger partial charge is 0.0239 e. The van der Waals surface area contributed by atoms with Gasteiger partial charge in [-0.2, -0.15) is 0 Å². The van der Waals surface area contributed by atoms with E-state index in [1.807, 2.05) is 0 Å². The minimum absolute atomic E-state index is 0.608. The van der Waals surface area contributed by atoms with E-state index >= 15 is 0 Å². The molecular formula is C18H30N2. The first-order chi connectivity index (χ1) is 9.58. The van der Waals surface area contributed by atoms with Crippen molar-refractivity contribution >= 4 is 0 Å². The van der Waals surface area contributed by atoms with E-state index in [1.54, 1.807) is 0 Å². The van der Waals surface area contributed by atoms with Gasteiger partial charge in [-0.1, -0.05) is 18.2 Å². The van der Waals surface area contributed by atoms with Gasteiger partial charge in [0.1, 0.15) is 0 Å². The average molecular weight is 274 g/mol. The van der Waals surface area contributed by atoms with Gasteiger partial charge in [0.05, 0.1) is 0 Å². The van der Waals surface area contributed by atoms with Crippen molar-refractivity contribution in [3.8, 4) is 0 Å². The maximum absolute atomic E-state index is 3.54. The van der Waals surface area contributed by atoms with Gasteiger partial charge in [0.25, 0.3) is 0 Å². The zero-order chi connectivity index (χ0) is 14.5. The van der Waals surface area contributed by atoms with Crippen LogP contribution in [-0.4, -0.2) is 30.6 Å². The highest BCUT2D eigenvalue weighted by Crippen LogP contribution is 2.19. The van der Waals surface area contributed by atoms with Crippen molar-refractivity contribution in [3.63, 3.8) is 0 Å². The van der Waals surface area contributed by atoms with Crippen LogP contribution in [0.2, 0.25) is 0 Å². The molecule has 2 rings (SSSR count). The maximum Gasteiger partial charge on any atom is 0.0239 e. The van der Waals surface area contributed by atoms with E-state index in [-0.39, 0.29) is 0 Å². The van der Waals surface area contributed by atoms with Crippen LogP contribution >= 0.6 is 0 Å². The van der Waals surface area contributed by atoms with E-state index in [0.717, 1.165) is 12.5 Å². The van der Waals surface area contributed by atoms with E-state index in [4.69, 9.17) is 0 Å². The summed E-state index contributed by atoms with van der Waals surface area (Å²) < 4.78 is 0. The summed E-state index contributed by atoms with van der Waals surface area (Å²) >= 11 is 0. The SMILES string of the molecule is Cc1cccc(CN(CC2CCCNC2)C(C)C)c1C. The number of piperidine rings is 1. The number of benzene rings is 1. The molecule has 1 aliphatic heterocycles. The predicted molar refractivity (Wildman–Crippen MR) is 87.1 cm³/mol. The number of nitrogens with one attached hydrogen (secondary N) is 1. The van der Waals surface area contributed by atoms with Crippen LogP contribution in [0.5, 0.6) is 0 Å². The molecule has 112 valence electrons. The third-order valence-corrected chi connectivity index (χ3v) is 4.71. The molecule has 1 heterocycles. The number of rotatable bonds is 5. The van der Waals surface area contributed by atoms with Crippen molar-refractivity contribution in [1.29, 1.82) is 0 Å². The fourth-order valence-corrected chi connectivity index (χ4v) is 3.07. The Morgan fingerprint density at radius 1 is 1.30 bits per heavy atom. The van der Waals surface area contributed by atoms with Crippen molar-refractivity contribution in [1.82, 2.24) is 10.2 Å². The molecular weight excluding hydrogens is 244 g/mol. The number of hydrogen-bond acceptors (Lipinski definition) is 2. The highest BCUT2D eigenvalue weighted by Gasteiger charge is 2.19. The Hall–Kier alpha value is -0.860. The summed E-state index contributed by atoms with van der Waals surface area (Å²) in [6, 6.07) is 7.30. The Labute approximate surface area is 124 Å². The summed E-state index contributed by atoms with van der Waals surface area (Å²) in [5.74, 6) is 0.816. The Morgan fingerprint density at radius 3 is 2.75 bits per heavy atom. The topological polar surface area (TPSA) is 15.3 Å². The lowest BCUT2D eigenvalue weighted by molar-refractivity contribution is 0.163. The molecule has 0 amide bonds. The molecule has 0 aliphatic carbocycles. The van der Waals surface area contributed by atoms with E-state index < -0.39 is 0 Å². The van der Waals surface area contributed by atoms with Crippen molar-refractivity contribution in [2.75, 3.05) is 19.6 Å². The molecule has 1 aromatic rings. The zero-order valence-corrected chi connectivity index (χ0v) is 13.6. The van der Waals surface area contributed by atoms with Gasteiger partial charge in [0.15, 0.2) is 0 Å². The number of nitrogens with zero attached hydrogens (tertiary/aromatic N) is 1. The summed E-state index contributed by atoms with van der Waals surface area (Å²) in [5, 5.41) is 3.54. The van der Waals surface area contributed by atoms with Crippen molar-refractivity contribution in [2.24, 2.45) is 5.92 Å². The third-order valence-electron chi connectivity index (χ3n) is 4.71. The van der Waals surface area contributed by atoms with Gasteiger partial charge in [-0.05, 0) is 76.2 Å². The standard InChI is InChI=1S/C18H30N2/c1-14(2)20(12-17-8-6-10-19-11-17)13-18-9-5-7-15(3)16(18)4/h5,7,9,14,17,19H,6,8,10-13H2,1-4H3. The summed E-state index contributed by atoms with van der Waals surface area (Å²) in [7, 11) is 0. The Morgan fingerprint density at radius 2 is 2.10 bits per heavy atom. The second kappa shape index (κ2) is 7.24. The lowest BCUT2D eigenvalue weighted by atomic mass is 9.97. The third kappa shape index (κ3) is 4.07. The molecule has 2 heteroatoms. The lowest BCUT2D eigenvalue weighted by Crippen LogP contribution is -2.40. The number of aryl methyl sites for hydroxylation is 1. The molecule has 0 aromatic heterocycles. The molecule has 0 radical (unpaired) electrons. The van der Waals surface area contributed by atoms with Gasteiger partial charge in [-0.25, -0.2) is 0 Å². The molecule has 0 saturated carbocycles. The fourth-order valence-electron chi connectivity index (χ4n) is 3.07. The van der Waals surface area contributed by atoms with E-state index in [0.29, 0.717) is 6.04 Å². The highest BCUT2D eigenvalue weighted by atomic mass is 15.1. The molecule has 0 bridgehead atoms. The van der Waals surface area contributed by atoms with Crippen LogP contribution in [-0.2, 0) is 6.54 Å². The van der Waals surface area contributed by atoms with Crippen molar-refractivity contribution < 1.29 is 0 Å².